The minimum absolute atomic E-state index is 0. The fourth-order valence-electron chi connectivity index (χ4n) is 3.03. The summed E-state index contributed by atoms with van der Waals surface area (Å²) < 4.78 is 11.0. The number of ether oxygens (including phenoxy) is 2. The Bertz CT molecular complexity index is 346. The standard InChI is InChI=1S/C18H36N4O2.HI/c1-2-3-8-19-18(21-16-17-7-6-13-24-17)20-9-4-5-10-22-11-14-23-15-12-22;/h17H,2-16H2,1H3,(H2,19,20,21);1H. The third-order valence-electron chi connectivity index (χ3n) is 4.60. The molecule has 148 valence electrons. The molecular formula is C18H37IN4O2. The average Bonchev–Trinajstić information content (AvgIpc) is 3.13. The van der Waals surface area contributed by atoms with Gasteiger partial charge in [0.15, 0.2) is 5.96 Å². The second-order valence-corrected chi connectivity index (χ2v) is 6.69. The molecule has 0 spiro atoms. The topological polar surface area (TPSA) is 58.1 Å². The number of hydrogen-bond acceptors (Lipinski definition) is 4. The van der Waals surface area contributed by atoms with Gasteiger partial charge in [-0.15, -0.1) is 24.0 Å². The van der Waals surface area contributed by atoms with Gasteiger partial charge in [-0.05, 0) is 38.6 Å². The Labute approximate surface area is 170 Å². The molecule has 2 saturated heterocycles. The van der Waals surface area contributed by atoms with Gasteiger partial charge < -0.3 is 20.1 Å². The van der Waals surface area contributed by atoms with Crippen LogP contribution in [0.15, 0.2) is 4.99 Å². The number of hydrogen-bond donors (Lipinski definition) is 2. The summed E-state index contributed by atoms with van der Waals surface area (Å²) in [5.74, 6) is 0.949. The highest BCUT2D eigenvalue weighted by molar-refractivity contribution is 14.0. The fourth-order valence-corrected chi connectivity index (χ4v) is 3.03. The number of aliphatic imine (C=N–C) groups is 1. The van der Waals surface area contributed by atoms with Crippen molar-refractivity contribution in [2.24, 2.45) is 4.99 Å². The van der Waals surface area contributed by atoms with E-state index in [1.807, 2.05) is 0 Å². The van der Waals surface area contributed by atoms with Crippen LogP contribution in [0.2, 0.25) is 0 Å². The molecule has 7 heteroatoms. The Kier molecular flexibility index (Phi) is 13.7. The molecule has 0 bridgehead atoms. The smallest absolute Gasteiger partial charge is 0.191 e. The Morgan fingerprint density at radius 1 is 1.08 bits per heavy atom. The van der Waals surface area contributed by atoms with Gasteiger partial charge in [0.25, 0.3) is 0 Å². The largest absolute Gasteiger partial charge is 0.379 e. The zero-order valence-corrected chi connectivity index (χ0v) is 18.1. The van der Waals surface area contributed by atoms with Crippen molar-refractivity contribution in [2.75, 3.05) is 59.1 Å². The maximum absolute atomic E-state index is 5.66. The van der Waals surface area contributed by atoms with E-state index in [1.165, 1.54) is 38.6 Å². The van der Waals surface area contributed by atoms with Gasteiger partial charge >= 0.3 is 0 Å². The predicted molar refractivity (Wildman–Crippen MR) is 114 cm³/mol. The van der Waals surface area contributed by atoms with E-state index in [4.69, 9.17) is 14.5 Å². The van der Waals surface area contributed by atoms with E-state index in [2.05, 4.69) is 22.5 Å². The molecule has 0 aromatic rings. The van der Waals surface area contributed by atoms with Crippen LogP contribution >= 0.6 is 24.0 Å². The lowest BCUT2D eigenvalue weighted by molar-refractivity contribution is 0.0372. The molecule has 2 aliphatic rings. The van der Waals surface area contributed by atoms with Gasteiger partial charge in [-0.2, -0.15) is 0 Å². The van der Waals surface area contributed by atoms with E-state index in [0.717, 1.165) is 64.9 Å². The number of nitrogens with one attached hydrogen (secondary N) is 2. The maximum Gasteiger partial charge on any atom is 0.191 e. The fraction of sp³-hybridized carbons (Fsp3) is 0.944. The van der Waals surface area contributed by atoms with Crippen molar-refractivity contribution in [1.82, 2.24) is 15.5 Å². The van der Waals surface area contributed by atoms with E-state index in [9.17, 15) is 0 Å². The van der Waals surface area contributed by atoms with Crippen molar-refractivity contribution >= 4 is 29.9 Å². The first-order valence-corrected chi connectivity index (χ1v) is 9.82. The summed E-state index contributed by atoms with van der Waals surface area (Å²) >= 11 is 0. The Hall–Kier alpha value is -0.120. The molecule has 25 heavy (non-hydrogen) atoms. The summed E-state index contributed by atoms with van der Waals surface area (Å²) in [4.78, 5) is 7.20. The third kappa shape index (κ3) is 10.6. The molecule has 2 heterocycles. The molecule has 6 nitrogen and oxygen atoms in total. The second-order valence-electron chi connectivity index (χ2n) is 6.69. The molecule has 0 amide bonds. The molecular weight excluding hydrogens is 431 g/mol. The van der Waals surface area contributed by atoms with Crippen LogP contribution in [0, 0.1) is 0 Å². The number of unbranched alkanes of at least 4 members (excludes halogenated alkanes) is 2. The molecule has 0 saturated carbocycles. The number of guanidine groups is 1. The van der Waals surface area contributed by atoms with Crippen LogP contribution in [-0.2, 0) is 9.47 Å². The van der Waals surface area contributed by atoms with Crippen LogP contribution in [0.1, 0.15) is 45.4 Å². The number of nitrogens with zero attached hydrogens (tertiary/aromatic N) is 2. The lowest BCUT2D eigenvalue weighted by Gasteiger charge is -2.26. The Morgan fingerprint density at radius 2 is 1.84 bits per heavy atom. The Balaban J connectivity index is 0.00000312. The monoisotopic (exact) mass is 468 g/mol. The van der Waals surface area contributed by atoms with E-state index in [-0.39, 0.29) is 24.0 Å². The molecule has 0 radical (unpaired) electrons. The molecule has 2 rings (SSSR count). The molecule has 2 N–H and O–H groups in total. The molecule has 2 fully saturated rings. The maximum atomic E-state index is 5.66. The molecule has 1 atom stereocenters. The van der Waals surface area contributed by atoms with E-state index in [0.29, 0.717) is 6.10 Å². The highest BCUT2D eigenvalue weighted by Gasteiger charge is 2.15. The zero-order chi connectivity index (χ0) is 16.9. The lowest BCUT2D eigenvalue weighted by atomic mass is 10.2. The van der Waals surface area contributed by atoms with Crippen molar-refractivity contribution in [1.29, 1.82) is 0 Å². The normalized spacial score (nSPS) is 21.8. The third-order valence-corrected chi connectivity index (χ3v) is 4.60. The molecule has 0 aromatic heterocycles. The molecule has 0 aliphatic carbocycles. The second kappa shape index (κ2) is 15.0. The quantitative estimate of drug-likeness (QED) is 0.223. The van der Waals surface area contributed by atoms with Crippen LogP contribution in [0.3, 0.4) is 0 Å². The molecule has 2 aliphatic heterocycles. The summed E-state index contributed by atoms with van der Waals surface area (Å²) in [7, 11) is 0. The van der Waals surface area contributed by atoms with E-state index in [1.54, 1.807) is 0 Å². The van der Waals surface area contributed by atoms with Gasteiger partial charge in [0, 0.05) is 32.8 Å². The van der Waals surface area contributed by atoms with Crippen LogP contribution < -0.4 is 10.6 Å². The van der Waals surface area contributed by atoms with Crippen molar-refractivity contribution in [3.63, 3.8) is 0 Å². The minimum Gasteiger partial charge on any atom is -0.379 e. The first-order chi connectivity index (χ1) is 11.9. The molecule has 0 aromatic carbocycles. The van der Waals surface area contributed by atoms with Crippen LogP contribution in [-0.4, -0.2) is 76.1 Å². The van der Waals surface area contributed by atoms with Gasteiger partial charge in [0.05, 0.1) is 25.9 Å². The Morgan fingerprint density at radius 3 is 2.52 bits per heavy atom. The molecule has 1 unspecified atom stereocenters. The van der Waals surface area contributed by atoms with Crippen LogP contribution in [0.5, 0.6) is 0 Å². The summed E-state index contributed by atoms with van der Waals surface area (Å²) in [5, 5.41) is 6.92. The predicted octanol–water partition coefficient (Wildman–Crippen LogP) is 2.23. The van der Waals surface area contributed by atoms with Gasteiger partial charge in [-0.1, -0.05) is 13.3 Å². The van der Waals surface area contributed by atoms with Gasteiger partial charge in [0.1, 0.15) is 0 Å². The highest BCUT2D eigenvalue weighted by atomic mass is 127. The summed E-state index contributed by atoms with van der Waals surface area (Å²) in [5.41, 5.74) is 0. The highest BCUT2D eigenvalue weighted by Crippen LogP contribution is 2.11. The van der Waals surface area contributed by atoms with Crippen molar-refractivity contribution < 1.29 is 9.47 Å². The van der Waals surface area contributed by atoms with Gasteiger partial charge in [-0.25, -0.2) is 0 Å². The SMILES string of the molecule is CCCCNC(=NCC1CCCO1)NCCCCN1CCOCC1.I. The van der Waals surface area contributed by atoms with Crippen LogP contribution in [0.25, 0.3) is 0 Å². The van der Waals surface area contributed by atoms with E-state index < -0.39 is 0 Å². The minimum atomic E-state index is 0. The lowest BCUT2D eigenvalue weighted by Crippen LogP contribution is -2.39. The number of halogens is 1. The summed E-state index contributed by atoms with van der Waals surface area (Å²) in [6.45, 7) is 11.0. The first-order valence-electron chi connectivity index (χ1n) is 9.82. The summed E-state index contributed by atoms with van der Waals surface area (Å²) in [6.07, 6.45) is 7.41. The first kappa shape index (κ1) is 22.9. The van der Waals surface area contributed by atoms with Gasteiger partial charge in [-0.3, -0.25) is 9.89 Å². The zero-order valence-electron chi connectivity index (χ0n) is 15.8. The number of rotatable bonds is 10. The van der Waals surface area contributed by atoms with Crippen molar-refractivity contribution in [2.45, 2.75) is 51.6 Å². The van der Waals surface area contributed by atoms with Gasteiger partial charge in [0.2, 0.25) is 0 Å². The van der Waals surface area contributed by atoms with Crippen molar-refractivity contribution in [3.05, 3.63) is 0 Å². The number of morpholine rings is 1. The van der Waals surface area contributed by atoms with E-state index >= 15 is 0 Å². The summed E-state index contributed by atoms with van der Waals surface area (Å²) in [6, 6.07) is 0. The van der Waals surface area contributed by atoms with Crippen molar-refractivity contribution in [3.8, 4) is 0 Å². The van der Waals surface area contributed by atoms with Crippen LogP contribution in [0.4, 0.5) is 0 Å². The average molecular weight is 468 g/mol.